The number of hydrogen-bond acceptors (Lipinski definition) is 3. The third-order valence-electron chi connectivity index (χ3n) is 6.44. The number of carbonyl (C=O) groups excluding carboxylic acids is 1. The fourth-order valence-corrected chi connectivity index (χ4v) is 5.04. The van der Waals surface area contributed by atoms with Crippen LogP contribution in [0.15, 0.2) is 54.7 Å². The lowest BCUT2D eigenvalue weighted by atomic mass is 9.85. The molecule has 3 atom stereocenters. The normalized spacial score (nSPS) is 20.5. The van der Waals surface area contributed by atoms with Crippen LogP contribution in [0.3, 0.4) is 0 Å². The number of nitrogens with zero attached hydrogens (tertiary/aromatic N) is 2. The zero-order valence-electron chi connectivity index (χ0n) is 18.1. The van der Waals surface area contributed by atoms with Crippen LogP contribution in [-0.4, -0.2) is 58.1 Å². The summed E-state index contributed by atoms with van der Waals surface area (Å²) in [6, 6.07) is 16.0. The van der Waals surface area contributed by atoms with Crippen LogP contribution in [0.4, 0.5) is 0 Å². The number of amides is 1. The molecule has 3 unspecified atom stereocenters. The van der Waals surface area contributed by atoms with E-state index in [9.17, 15) is 9.90 Å². The summed E-state index contributed by atoms with van der Waals surface area (Å²) in [7, 11) is 2.02. The van der Waals surface area contributed by atoms with Crippen LogP contribution >= 0.6 is 11.6 Å². The number of H-pyrrole nitrogens is 1. The molecule has 2 aromatic carbocycles. The van der Waals surface area contributed by atoms with E-state index in [1.54, 1.807) is 6.92 Å². The average molecular weight is 440 g/mol. The monoisotopic (exact) mass is 439 g/mol. The van der Waals surface area contributed by atoms with Gasteiger partial charge >= 0.3 is 0 Å². The molecular formula is C25H30ClN3O2. The Morgan fingerprint density at radius 3 is 2.84 bits per heavy atom. The molecule has 1 aromatic heterocycles. The van der Waals surface area contributed by atoms with Gasteiger partial charge in [-0.3, -0.25) is 9.69 Å². The second-order valence-corrected chi connectivity index (χ2v) is 9.04. The Morgan fingerprint density at radius 1 is 1.26 bits per heavy atom. The van der Waals surface area contributed by atoms with E-state index in [0.717, 1.165) is 23.9 Å². The maximum Gasteiger partial charge on any atom is 0.229 e. The number of halogens is 1. The van der Waals surface area contributed by atoms with E-state index < -0.39 is 12.0 Å². The molecule has 0 spiro atoms. The van der Waals surface area contributed by atoms with Gasteiger partial charge in [-0.1, -0.05) is 41.9 Å². The van der Waals surface area contributed by atoms with Gasteiger partial charge in [0.2, 0.25) is 5.91 Å². The molecule has 31 heavy (non-hydrogen) atoms. The van der Waals surface area contributed by atoms with Crippen molar-refractivity contribution in [2.45, 2.75) is 38.5 Å². The Kier molecular flexibility index (Phi) is 6.65. The molecule has 1 aliphatic heterocycles. The van der Waals surface area contributed by atoms with Gasteiger partial charge in [-0.15, -0.1) is 0 Å². The van der Waals surface area contributed by atoms with Gasteiger partial charge in [0, 0.05) is 47.8 Å². The number of carbonyl (C=O) groups is 1. The van der Waals surface area contributed by atoms with Crippen molar-refractivity contribution >= 4 is 28.4 Å². The largest absolute Gasteiger partial charge is 0.393 e. The molecule has 0 radical (unpaired) electrons. The van der Waals surface area contributed by atoms with Gasteiger partial charge in [0.25, 0.3) is 0 Å². The molecule has 6 heteroatoms. The lowest BCUT2D eigenvalue weighted by molar-refractivity contribution is -0.147. The van der Waals surface area contributed by atoms with E-state index in [-0.39, 0.29) is 11.9 Å². The van der Waals surface area contributed by atoms with Crippen molar-refractivity contribution in [2.24, 2.45) is 5.92 Å². The number of benzene rings is 2. The highest BCUT2D eigenvalue weighted by atomic mass is 35.5. The van der Waals surface area contributed by atoms with Gasteiger partial charge in [0.05, 0.1) is 12.0 Å². The van der Waals surface area contributed by atoms with Gasteiger partial charge in [-0.2, -0.15) is 0 Å². The third kappa shape index (κ3) is 4.79. The van der Waals surface area contributed by atoms with Crippen LogP contribution < -0.4 is 0 Å². The molecule has 4 rings (SSSR count). The smallest absolute Gasteiger partial charge is 0.229 e. The van der Waals surface area contributed by atoms with E-state index in [1.807, 2.05) is 54.5 Å². The number of fused-ring (bicyclic) bond motifs is 1. The number of hydrogen-bond donors (Lipinski definition) is 2. The van der Waals surface area contributed by atoms with E-state index in [4.69, 9.17) is 11.6 Å². The van der Waals surface area contributed by atoms with Gasteiger partial charge in [0.1, 0.15) is 0 Å². The second kappa shape index (κ2) is 9.43. The summed E-state index contributed by atoms with van der Waals surface area (Å²) >= 11 is 6.13. The molecule has 0 saturated carbocycles. The summed E-state index contributed by atoms with van der Waals surface area (Å²) in [6.45, 7) is 3.78. The number of aliphatic hydroxyl groups is 1. The Morgan fingerprint density at radius 2 is 2.06 bits per heavy atom. The fourth-order valence-electron chi connectivity index (χ4n) is 4.83. The standard InChI is InChI=1S/C25H30ClN3O2/c1-17(30)24-23(28(2)16-18-6-5-7-20(26)14-18)11-13-29(25(24)31)12-10-19-15-27-22-9-4-3-8-21(19)22/h3-9,14-15,17,23-24,27,30H,10-13,16H2,1-2H3. The molecule has 0 aliphatic carbocycles. The minimum absolute atomic E-state index is 0.00387. The van der Waals surface area contributed by atoms with Crippen molar-refractivity contribution in [2.75, 3.05) is 20.1 Å². The highest BCUT2D eigenvalue weighted by Crippen LogP contribution is 2.28. The number of nitrogens with one attached hydrogen (secondary N) is 1. The minimum atomic E-state index is -0.699. The van der Waals surface area contributed by atoms with Crippen molar-refractivity contribution < 1.29 is 9.90 Å². The Bertz CT molecular complexity index is 1050. The topological polar surface area (TPSA) is 59.6 Å². The van der Waals surface area contributed by atoms with E-state index in [1.165, 1.54) is 10.9 Å². The summed E-state index contributed by atoms with van der Waals surface area (Å²) in [6.07, 6.45) is 2.97. The first-order valence-corrected chi connectivity index (χ1v) is 11.3. The highest BCUT2D eigenvalue weighted by molar-refractivity contribution is 6.30. The number of aromatic amines is 1. The number of aliphatic hydroxyl groups excluding tert-OH is 1. The zero-order valence-corrected chi connectivity index (χ0v) is 18.8. The first-order chi connectivity index (χ1) is 14.9. The number of aromatic nitrogens is 1. The van der Waals surface area contributed by atoms with Gasteiger partial charge < -0.3 is 15.0 Å². The van der Waals surface area contributed by atoms with Crippen molar-refractivity contribution in [1.29, 1.82) is 0 Å². The van der Waals surface area contributed by atoms with E-state index in [0.29, 0.717) is 24.7 Å². The number of rotatable bonds is 7. The maximum atomic E-state index is 13.3. The van der Waals surface area contributed by atoms with E-state index >= 15 is 0 Å². The molecular weight excluding hydrogens is 410 g/mol. The Balaban J connectivity index is 1.43. The Hall–Kier alpha value is -2.34. The van der Waals surface area contributed by atoms with Crippen molar-refractivity contribution in [3.8, 4) is 0 Å². The summed E-state index contributed by atoms with van der Waals surface area (Å²) in [4.78, 5) is 20.7. The maximum absolute atomic E-state index is 13.3. The number of piperidine rings is 1. The molecule has 1 saturated heterocycles. The van der Waals surface area contributed by atoms with Crippen LogP contribution in [0.5, 0.6) is 0 Å². The lowest BCUT2D eigenvalue weighted by Crippen LogP contribution is -2.56. The van der Waals surface area contributed by atoms with Crippen molar-refractivity contribution in [1.82, 2.24) is 14.8 Å². The van der Waals surface area contributed by atoms with Crippen LogP contribution in [0, 0.1) is 5.92 Å². The second-order valence-electron chi connectivity index (χ2n) is 8.60. The lowest BCUT2D eigenvalue weighted by Gasteiger charge is -2.43. The van der Waals surface area contributed by atoms with Gasteiger partial charge in [-0.25, -0.2) is 0 Å². The molecule has 5 nitrogen and oxygen atoms in total. The molecule has 2 heterocycles. The van der Waals surface area contributed by atoms with Crippen LogP contribution in [0.2, 0.25) is 5.02 Å². The zero-order chi connectivity index (χ0) is 22.0. The first kappa shape index (κ1) is 21.9. The summed E-state index contributed by atoms with van der Waals surface area (Å²) < 4.78 is 0. The van der Waals surface area contributed by atoms with Crippen LogP contribution in [0.25, 0.3) is 10.9 Å². The average Bonchev–Trinajstić information content (AvgIpc) is 3.15. The van der Waals surface area contributed by atoms with Crippen molar-refractivity contribution in [3.63, 3.8) is 0 Å². The highest BCUT2D eigenvalue weighted by Gasteiger charge is 2.41. The summed E-state index contributed by atoms with van der Waals surface area (Å²) in [5.74, 6) is -0.384. The van der Waals surface area contributed by atoms with Crippen LogP contribution in [0.1, 0.15) is 24.5 Å². The summed E-state index contributed by atoms with van der Waals surface area (Å²) in [5.41, 5.74) is 3.44. The minimum Gasteiger partial charge on any atom is -0.393 e. The predicted molar refractivity (Wildman–Crippen MR) is 125 cm³/mol. The predicted octanol–water partition coefficient (Wildman–Crippen LogP) is 4.09. The molecule has 1 fully saturated rings. The first-order valence-electron chi connectivity index (χ1n) is 10.9. The quantitative estimate of drug-likeness (QED) is 0.582. The van der Waals surface area contributed by atoms with E-state index in [2.05, 4.69) is 22.0 Å². The summed E-state index contributed by atoms with van der Waals surface area (Å²) in [5, 5.41) is 12.4. The molecule has 1 aliphatic rings. The number of para-hydroxylation sites is 1. The molecule has 1 amide bonds. The number of likely N-dealkylation sites (tertiary alicyclic amines) is 1. The van der Waals surface area contributed by atoms with Crippen LogP contribution in [-0.2, 0) is 17.8 Å². The Labute approximate surface area is 188 Å². The molecule has 164 valence electrons. The third-order valence-corrected chi connectivity index (χ3v) is 6.67. The van der Waals surface area contributed by atoms with Gasteiger partial charge in [-0.05, 0) is 56.1 Å². The SMILES string of the molecule is CC(O)C1C(=O)N(CCc2c[nH]c3ccccc23)CCC1N(C)Cc1cccc(Cl)c1. The fraction of sp³-hybridized carbons (Fsp3) is 0.400. The molecule has 0 bridgehead atoms. The molecule has 3 aromatic rings. The van der Waals surface area contributed by atoms with Gasteiger partial charge in [0.15, 0.2) is 0 Å². The molecule has 2 N–H and O–H groups in total. The van der Waals surface area contributed by atoms with Crippen molar-refractivity contribution in [3.05, 3.63) is 70.9 Å².